The number of ether oxygens (including phenoxy) is 2. The average molecular weight is 501 g/mol. The minimum absolute atomic E-state index is 0.0306. The second kappa shape index (κ2) is 11.0. The van der Waals surface area contributed by atoms with Gasteiger partial charge in [-0.05, 0) is 34.5 Å². The maximum absolute atomic E-state index is 14.6. The van der Waals surface area contributed by atoms with Crippen molar-refractivity contribution < 1.29 is 18.3 Å². The zero-order valence-electron chi connectivity index (χ0n) is 20.8. The molecule has 0 atom stereocenters. The Bertz CT molecular complexity index is 1260. The number of aromatic nitrogens is 8. The SMILES string of the molecule is CCCCc1nc(C(CCC)(OC)OC)nn1Cc1ccc(-n2c(F)cc(F)c2-c2nnn[nH]2)cc1. The molecule has 192 valence electrons. The van der Waals surface area contributed by atoms with Gasteiger partial charge in [-0.25, -0.2) is 19.2 Å². The van der Waals surface area contributed by atoms with Gasteiger partial charge in [-0.15, -0.1) is 10.2 Å². The normalized spacial score (nSPS) is 11.9. The molecule has 3 heterocycles. The minimum atomic E-state index is -1.01. The number of methoxy groups -OCH3 is 2. The van der Waals surface area contributed by atoms with Crippen molar-refractivity contribution in [2.24, 2.45) is 0 Å². The molecular formula is C24H30F2N8O2. The highest BCUT2D eigenvalue weighted by molar-refractivity contribution is 5.56. The fourth-order valence-corrected chi connectivity index (χ4v) is 4.20. The zero-order valence-corrected chi connectivity index (χ0v) is 20.8. The number of halogens is 2. The Morgan fingerprint density at radius 1 is 1.06 bits per heavy atom. The van der Waals surface area contributed by atoms with E-state index in [1.54, 1.807) is 26.4 Å². The largest absolute Gasteiger partial charge is 0.347 e. The molecule has 0 aliphatic carbocycles. The molecule has 0 saturated carbocycles. The van der Waals surface area contributed by atoms with Gasteiger partial charge < -0.3 is 9.47 Å². The molecular weight excluding hydrogens is 470 g/mol. The van der Waals surface area contributed by atoms with Gasteiger partial charge in [0.25, 0.3) is 0 Å². The van der Waals surface area contributed by atoms with Crippen LogP contribution in [0.2, 0.25) is 0 Å². The quantitative estimate of drug-likeness (QED) is 0.291. The molecule has 0 aliphatic rings. The summed E-state index contributed by atoms with van der Waals surface area (Å²) < 4.78 is 43.4. The van der Waals surface area contributed by atoms with Crippen molar-refractivity contribution in [3.8, 4) is 17.2 Å². The van der Waals surface area contributed by atoms with Crippen LogP contribution in [0.5, 0.6) is 0 Å². The first-order chi connectivity index (χ1) is 17.5. The van der Waals surface area contributed by atoms with Crippen LogP contribution in [-0.4, -0.2) is 54.2 Å². The Morgan fingerprint density at radius 2 is 1.81 bits per heavy atom. The van der Waals surface area contributed by atoms with E-state index < -0.39 is 17.6 Å². The predicted molar refractivity (Wildman–Crippen MR) is 127 cm³/mol. The molecule has 0 amide bonds. The standard InChI is InChI=1S/C24H30F2N8O2/c1-5-7-8-20-27-23(24(35-3,36-4)13-6-2)30-33(20)15-16-9-11-17(12-10-16)34-19(26)14-18(25)21(34)22-28-31-32-29-22/h9-12,14H,5-8,13,15H2,1-4H3,(H,28,29,31,32). The number of tetrazole rings is 1. The lowest BCUT2D eigenvalue weighted by atomic mass is 10.1. The number of hydrogen-bond donors (Lipinski definition) is 1. The van der Waals surface area contributed by atoms with Crippen LogP contribution < -0.4 is 0 Å². The first-order valence-corrected chi connectivity index (χ1v) is 11.9. The van der Waals surface area contributed by atoms with E-state index in [2.05, 4.69) is 27.5 Å². The van der Waals surface area contributed by atoms with Crippen LogP contribution in [0.25, 0.3) is 17.2 Å². The number of aryl methyl sites for hydroxylation is 1. The van der Waals surface area contributed by atoms with Crippen molar-refractivity contribution >= 4 is 0 Å². The molecule has 1 aromatic carbocycles. The van der Waals surface area contributed by atoms with Crippen molar-refractivity contribution in [3.05, 3.63) is 59.3 Å². The Kier molecular flexibility index (Phi) is 7.85. The molecule has 36 heavy (non-hydrogen) atoms. The van der Waals surface area contributed by atoms with E-state index in [1.165, 1.54) is 0 Å². The van der Waals surface area contributed by atoms with Crippen LogP contribution >= 0.6 is 0 Å². The molecule has 0 unspecified atom stereocenters. The van der Waals surface area contributed by atoms with E-state index in [1.807, 2.05) is 23.7 Å². The smallest absolute Gasteiger partial charge is 0.231 e. The lowest BCUT2D eigenvalue weighted by molar-refractivity contribution is -0.225. The highest BCUT2D eigenvalue weighted by Crippen LogP contribution is 2.30. The second-order valence-electron chi connectivity index (χ2n) is 8.44. The Balaban J connectivity index is 1.65. The maximum atomic E-state index is 14.6. The fourth-order valence-electron chi connectivity index (χ4n) is 4.20. The molecule has 0 radical (unpaired) electrons. The lowest BCUT2D eigenvalue weighted by Crippen LogP contribution is -2.32. The Hall–Kier alpha value is -3.51. The van der Waals surface area contributed by atoms with Crippen LogP contribution in [0.1, 0.15) is 56.7 Å². The van der Waals surface area contributed by atoms with Crippen molar-refractivity contribution in [2.75, 3.05) is 14.2 Å². The van der Waals surface area contributed by atoms with E-state index in [0.717, 1.165) is 47.7 Å². The number of rotatable bonds is 12. The third-order valence-corrected chi connectivity index (χ3v) is 6.09. The van der Waals surface area contributed by atoms with Crippen LogP contribution in [-0.2, 0) is 28.2 Å². The number of aromatic amines is 1. The first-order valence-electron chi connectivity index (χ1n) is 11.9. The topological polar surface area (TPSA) is 109 Å². The van der Waals surface area contributed by atoms with E-state index in [-0.39, 0.29) is 11.5 Å². The Labute approximate surface area is 207 Å². The maximum Gasteiger partial charge on any atom is 0.231 e. The van der Waals surface area contributed by atoms with Crippen molar-refractivity contribution in [1.29, 1.82) is 0 Å². The third kappa shape index (κ3) is 4.91. The van der Waals surface area contributed by atoms with Crippen molar-refractivity contribution in [3.63, 3.8) is 0 Å². The van der Waals surface area contributed by atoms with Crippen molar-refractivity contribution in [2.45, 2.75) is 58.3 Å². The molecule has 3 aromatic heterocycles. The number of nitrogens with zero attached hydrogens (tertiary/aromatic N) is 7. The molecule has 0 spiro atoms. The lowest BCUT2D eigenvalue weighted by Gasteiger charge is -2.27. The number of H-pyrrole nitrogens is 1. The zero-order chi connectivity index (χ0) is 25.7. The van der Waals surface area contributed by atoms with Crippen LogP contribution in [0.4, 0.5) is 8.78 Å². The number of hydrogen-bond acceptors (Lipinski definition) is 7. The molecule has 4 rings (SSSR count). The van der Waals surface area contributed by atoms with E-state index in [4.69, 9.17) is 19.6 Å². The van der Waals surface area contributed by atoms with E-state index >= 15 is 0 Å². The summed E-state index contributed by atoms with van der Waals surface area (Å²) in [6.07, 6.45) is 4.21. The molecule has 0 aliphatic heterocycles. The van der Waals surface area contributed by atoms with Crippen LogP contribution in [0, 0.1) is 11.8 Å². The van der Waals surface area contributed by atoms with Gasteiger partial charge in [0.1, 0.15) is 11.5 Å². The Morgan fingerprint density at radius 3 is 2.42 bits per heavy atom. The van der Waals surface area contributed by atoms with Gasteiger partial charge in [-0.2, -0.15) is 4.39 Å². The minimum Gasteiger partial charge on any atom is -0.347 e. The van der Waals surface area contributed by atoms with Gasteiger partial charge in [-0.3, -0.25) is 4.57 Å². The molecule has 0 bridgehead atoms. The monoisotopic (exact) mass is 500 g/mol. The predicted octanol–water partition coefficient (Wildman–Crippen LogP) is 4.16. The van der Waals surface area contributed by atoms with E-state index in [0.29, 0.717) is 24.5 Å². The molecule has 0 fully saturated rings. The fraction of sp³-hybridized carbons (Fsp3) is 0.458. The second-order valence-corrected chi connectivity index (χ2v) is 8.44. The van der Waals surface area contributed by atoms with E-state index in [9.17, 15) is 8.78 Å². The highest BCUT2D eigenvalue weighted by atomic mass is 19.1. The molecule has 0 saturated heterocycles. The van der Waals surface area contributed by atoms with Crippen LogP contribution in [0.3, 0.4) is 0 Å². The van der Waals surface area contributed by atoms with Gasteiger partial charge in [0.2, 0.25) is 17.6 Å². The summed E-state index contributed by atoms with van der Waals surface area (Å²) in [5.41, 5.74) is 1.26. The summed E-state index contributed by atoms with van der Waals surface area (Å²) in [7, 11) is 3.19. The first kappa shape index (κ1) is 25.6. The number of unbranched alkanes of at least 4 members (excludes halogenated alkanes) is 1. The van der Waals surface area contributed by atoms with Crippen LogP contribution in [0.15, 0.2) is 30.3 Å². The summed E-state index contributed by atoms with van der Waals surface area (Å²) in [5, 5.41) is 17.9. The van der Waals surface area contributed by atoms with Crippen molar-refractivity contribution in [1.82, 2.24) is 40.0 Å². The third-order valence-electron chi connectivity index (χ3n) is 6.09. The summed E-state index contributed by atoms with van der Waals surface area (Å²) in [6, 6.07) is 7.90. The summed E-state index contributed by atoms with van der Waals surface area (Å²) in [4.78, 5) is 4.78. The molecule has 12 heteroatoms. The van der Waals surface area contributed by atoms with Gasteiger partial charge in [0, 0.05) is 38.8 Å². The number of nitrogens with one attached hydrogen (secondary N) is 1. The van der Waals surface area contributed by atoms with Gasteiger partial charge in [0.05, 0.1) is 6.54 Å². The van der Waals surface area contributed by atoms with Gasteiger partial charge >= 0.3 is 0 Å². The summed E-state index contributed by atoms with van der Waals surface area (Å²) in [5.74, 6) is -1.18. The highest BCUT2D eigenvalue weighted by Gasteiger charge is 2.36. The van der Waals surface area contributed by atoms with Gasteiger partial charge in [0.15, 0.2) is 11.6 Å². The summed E-state index contributed by atoms with van der Waals surface area (Å²) >= 11 is 0. The van der Waals surface area contributed by atoms with Gasteiger partial charge in [-0.1, -0.05) is 38.8 Å². The molecule has 10 nitrogen and oxygen atoms in total. The molecule has 4 aromatic rings. The summed E-state index contributed by atoms with van der Waals surface area (Å²) in [6.45, 7) is 4.62. The number of benzene rings is 1. The average Bonchev–Trinajstić information content (AvgIpc) is 3.61. The molecule has 1 N–H and O–H groups in total.